The fourth-order valence-corrected chi connectivity index (χ4v) is 3.70. The Hall–Kier alpha value is -1.80. The minimum absolute atomic E-state index is 0.0386. The van der Waals surface area contributed by atoms with Gasteiger partial charge >= 0.3 is 0 Å². The molecule has 3 aromatic rings. The first-order chi connectivity index (χ1) is 12.2. The van der Waals surface area contributed by atoms with Crippen molar-refractivity contribution in [1.82, 2.24) is 0 Å². The van der Waals surface area contributed by atoms with Crippen LogP contribution in [-0.4, -0.2) is 0 Å². The van der Waals surface area contributed by atoms with Gasteiger partial charge in [0.15, 0.2) is 0 Å². The Labute approximate surface area is 153 Å². The Morgan fingerprint density at radius 2 is 1.60 bits per heavy atom. The second-order valence-corrected chi connectivity index (χ2v) is 7.09. The van der Waals surface area contributed by atoms with Crippen LogP contribution < -0.4 is 5.43 Å². The van der Waals surface area contributed by atoms with Crippen molar-refractivity contribution in [3.63, 3.8) is 0 Å². The Balaban J connectivity index is 1.77. The molecule has 0 aliphatic carbocycles. The lowest BCUT2D eigenvalue weighted by Gasteiger charge is -2.08. The smallest absolute Gasteiger partial charge is 0.202 e. The molecule has 0 aliphatic rings. The fourth-order valence-electron chi connectivity index (χ4n) is 3.36. The number of hydrogen-bond donors (Lipinski definition) is 0. The van der Waals surface area contributed by atoms with E-state index in [0.717, 1.165) is 18.4 Å². The zero-order valence-corrected chi connectivity index (χ0v) is 15.6. The van der Waals surface area contributed by atoms with Gasteiger partial charge in [-0.05, 0) is 36.6 Å². The first-order valence-electron chi connectivity index (χ1n) is 9.35. The second kappa shape index (κ2) is 8.53. The molecule has 0 aliphatic heterocycles. The van der Waals surface area contributed by atoms with Gasteiger partial charge in [-0.3, -0.25) is 4.79 Å². The molecule has 3 rings (SSSR count). The van der Waals surface area contributed by atoms with Gasteiger partial charge in [0.1, 0.15) is 11.2 Å². The lowest BCUT2D eigenvalue weighted by molar-refractivity contribution is 0.589. The maximum absolute atomic E-state index is 12.8. The summed E-state index contributed by atoms with van der Waals surface area (Å²) in [6.07, 6.45) is 9.77. The number of rotatable bonds is 8. The van der Waals surface area contributed by atoms with Crippen molar-refractivity contribution in [1.29, 1.82) is 0 Å². The molecule has 0 unspecified atom stereocenters. The lowest BCUT2D eigenvalue weighted by Crippen LogP contribution is -2.04. The first kappa shape index (κ1) is 18.0. The molecule has 0 atom stereocenters. The van der Waals surface area contributed by atoms with Crippen molar-refractivity contribution in [2.24, 2.45) is 0 Å². The molecule has 0 bridgehead atoms. The third-order valence-electron chi connectivity index (χ3n) is 4.81. The molecule has 0 spiro atoms. The van der Waals surface area contributed by atoms with Gasteiger partial charge in [-0.2, -0.15) is 0 Å². The highest BCUT2D eigenvalue weighted by atomic mass is 35.5. The van der Waals surface area contributed by atoms with Crippen molar-refractivity contribution >= 4 is 33.5 Å². The van der Waals surface area contributed by atoms with Gasteiger partial charge in [-0.1, -0.05) is 75.2 Å². The highest BCUT2D eigenvalue weighted by molar-refractivity contribution is 6.36. The molecule has 2 nitrogen and oxygen atoms in total. The molecular formula is C22H25ClO2. The van der Waals surface area contributed by atoms with E-state index in [-0.39, 0.29) is 5.43 Å². The molecule has 0 saturated carbocycles. The van der Waals surface area contributed by atoms with E-state index < -0.39 is 0 Å². The number of fused-ring (bicyclic) bond motifs is 2. The third kappa shape index (κ3) is 4.07. The van der Waals surface area contributed by atoms with E-state index in [0.29, 0.717) is 27.0 Å². The first-order valence-corrected chi connectivity index (χ1v) is 9.73. The third-order valence-corrected chi connectivity index (χ3v) is 5.24. The van der Waals surface area contributed by atoms with Crippen LogP contribution >= 0.6 is 11.6 Å². The van der Waals surface area contributed by atoms with Crippen molar-refractivity contribution in [2.45, 2.75) is 58.3 Å². The van der Waals surface area contributed by atoms with Crippen LogP contribution in [0.4, 0.5) is 0 Å². The SMILES string of the molecule is CCCCCCCCCc1ccc2oc3ccccc3c(=O)c2c1Cl. The van der Waals surface area contributed by atoms with Crippen LogP contribution in [0.5, 0.6) is 0 Å². The van der Waals surface area contributed by atoms with Crippen LogP contribution in [0.25, 0.3) is 21.9 Å². The van der Waals surface area contributed by atoms with E-state index in [2.05, 4.69) is 6.92 Å². The monoisotopic (exact) mass is 356 g/mol. The molecule has 2 aromatic carbocycles. The number of halogens is 1. The summed E-state index contributed by atoms with van der Waals surface area (Å²) in [4.78, 5) is 12.8. The number of unbranched alkanes of at least 4 members (excludes halogenated alkanes) is 6. The molecule has 3 heteroatoms. The van der Waals surface area contributed by atoms with Crippen LogP contribution in [0.2, 0.25) is 5.02 Å². The lowest BCUT2D eigenvalue weighted by atomic mass is 10.0. The zero-order valence-electron chi connectivity index (χ0n) is 14.8. The average molecular weight is 357 g/mol. The van der Waals surface area contributed by atoms with E-state index in [1.54, 1.807) is 6.07 Å². The summed E-state index contributed by atoms with van der Waals surface area (Å²) >= 11 is 6.57. The quantitative estimate of drug-likeness (QED) is 0.325. The second-order valence-electron chi connectivity index (χ2n) is 6.71. The topological polar surface area (TPSA) is 30.2 Å². The Morgan fingerprint density at radius 3 is 2.40 bits per heavy atom. The molecule has 0 amide bonds. The zero-order chi connectivity index (χ0) is 17.6. The van der Waals surface area contributed by atoms with Crippen molar-refractivity contribution in [3.8, 4) is 0 Å². The molecule has 1 aromatic heterocycles. The number of aryl methyl sites for hydroxylation is 1. The van der Waals surface area contributed by atoms with Crippen LogP contribution in [0.1, 0.15) is 57.4 Å². The van der Waals surface area contributed by atoms with Crippen molar-refractivity contribution in [2.75, 3.05) is 0 Å². The van der Waals surface area contributed by atoms with Crippen LogP contribution in [-0.2, 0) is 6.42 Å². The van der Waals surface area contributed by atoms with Gasteiger partial charge in [-0.25, -0.2) is 0 Å². The Kier molecular flexibility index (Phi) is 6.14. The van der Waals surface area contributed by atoms with Crippen LogP contribution in [0.3, 0.4) is 0 Å². The molecule has 132 valence electrons. The summed E-state index contributed by atoms with van der Waals surface area (Å²) in [7, 11) is 0. The van der Waals surface area contributed by atoms with E-state index in [1.165, 1.54) is 38.5 Å². The van der Waals surface area contributed by atoms with E-state index in [4.69, 9.17) is 16.0 Å². The minimum atomic E-state index is -0.0386. The van der Waals surface area contributed by atoms with E-state index >= 15 is 0 Å². The minimum Gasteiger partial charge on any atom is -0.456 e. The number of benzene rings is 2. The molecule has 1 heterocycles. The van der Waals surface area contributed by atoms with Crippen molar-refractivity contribution < 1.29 is 4.42 Å². The average Bonchev–Trinajstić information content (AvgIpc) is 2.62. The largest absolute Gasteiger partial charge is 0.456 e. The number of hydrogen-bond acceptors (Lipinski definition) is 2. The standard InChI is InChI=1S/C22H25ClO2/c1-2-3-4-5-6-7-8-11-16-14-15-19-20(21(16)23)22(24)17-12-9-10-13-18(17)25-19/h9-10,12-15H,2-8,11H2,1H3. The van der Waals surface area contributed by atoms with E-state index in [9.17, 15) is 4.79 Å². The van der Waals surface area contributed by atoms with Gasteiger partial charge in [0.05, 0.1) is 15.8 Å². The predicted octanol–water partition coefficient (Wildman–Crippen LogP) is 6.89. The predicted molar refractivity (Wildman–Crippen MR) is 107 cm³/mol. The molecule has 0 saturated heterocycles. The number of para-hydroxylation sites is 1. The van der Waals surface area contributed by atoms with Gasteiger partial charge in [-0.15, -0.1) is 0 Å². The summed E-state index contributed by atoms with van der Waals surface area (Å²) in [6.45, 7) is 2.24. The maximum Gasteiger partial charge on any atom is 0.202 e. The summed E-state index contributed by atoms with van der Waals surface area (Å²) < 4.78 is 5.86. The molecule has 0 radical (unpaired) electrons. The van der Waals surface area contributed by atoms with Crippen LogP contribution in [0, 0.1) is 0 Å². The summed E-state index contributed by atoms with van der Waals surface area (Å²) in [5, 5.41) is 1.66. The Bertz CT molecular complexity index is 911. The van der Waals surface area contributed by atoms with Gasteiger partial charge in [0.2, 0.25) is 5.43 Å². The van der Waals surface area contributed by atoms with Crippen LogP contribution in [0.15, 0.2) is 45.6 Å². The normalized spacial score (nSPS) is 11.4. The molecule has 0 fully saturated rings. The summed E-state index contributed by atoms with van der Waals surface area (Å²) in [5.74, 6) is 0. The summed E-state index contributed by atoms with van der Waals surface area (Å²) in [6, 6.07) is 11.2. The van der Waals surface area contributed by atoms with Gasteiger partial charge < -0.3 is 4.42 Å². The summed E-state index contributed by atoms with van der Waals surface area (Å²) in [5.41, 5.74) is 2.18. The highest BCUT2D eigenvalue weighted by Crippen LogP contribution is 2.28. The van der Waals surface area contributed by atoms with E-state index in [1.807, 2.05) is 30.3 Å². The van der Waals surface area contributed by atoms with Gasteiger partial charge in [0.25, 0.3) is 0 Å². The van der Waals surface area contributed by atoms with Gasteiger partial charge in [0, 0.05) is 0 Å². The maximum atomic E-state index is 12.8. The highest BCUT2D eigenvalue weighted by Gasteiger charge is 2.13. The molecule has 0 N–H and O–H groups in total. The molecular weight excluding hydrogens is 332 g/mol. The van der Waals surface area contributed by atoms with Crippen molar-refractivity contribution in [3.05, 3.63) is 57.2 Å². The molecule has 25 heavy (non-hydrogen) atoms. The Morgan fingerprint density at radius 1 is 0.880 bits per heavy atom. The fraction of sp³-hybridized carbons (Fsp3) is 0.409.